The van der Waals surface area contributed by atoms with Crippen molar-refractivity contribution >= 4 is 5.78 Å². The highest BCUT2D eigenvalue weighted by Crippen LogP contribution is 2.37. The number of Topliss-reactive ketones (excluding diaryl/α,β-unsaturated/α-hetero) is 1. The first kappa shape index (κ1) is 11.1. The van der Waals surface area contributed by atoms with Crippen molar-refractivity contribution in [2.24, 2.45) is 17.1 Å². The van der Waals surface area contributed by atoms with E-state index in [9.17, 15) is 4.79 Å². The topological polar surface area (TPSA) is 52.3 Å². The molecular formula is C12H21NO2. The molecule has 1 aliphatic heterocycles. The maximum atomic E-state index is 12.2. The van der Waals surface area contributed by atoms with Crippen molar-refractivity contribution in [2.75, 3.05) is 19.8 Å². The van der Waals surface area contributed by atoms with Crippen LogP contribution < -0.4 is 5.73 Å². The average Bonchev–Trinajstić information content (AvgIpc) is 2.24. The van der Waals surface area contributed by atoms with E-state index in [0.29, 0.717) is 31.5 Å². The van der Waals surface area contributed by atoms with E-state index in [2.05, 4.69) is 0 Å². The summed E-state index contributed by atoms with van der Waals surface area (Å²) in [5, 5.41) is 0. The molecule has 15 heavy (non-hydrogen) atoms. The van der Waals surface area contributed by atoms with Gasteiger partial charge < -0.3 is 10.5 Å². The summed E-state index contributed by atoms with van der Waals surface area (Å²) in [5.41, 5.74) is 5.56. The fourth-order valence-corrected chi connectivity index (χ4v) is 2.53. The van der Waals surface area contributed by atoms with Crippen LogP contribution in [0.5, 0.6) is 0 Å². The van der Waals surface area contributed by atoms with Gasteiger partial charge in [-0.3, -0.25) is 4.79 Å². The molecule has 0 bridgehead atoms. The van der Waals surface area contributed by atoms with Gasteiger partial charge in [0.2, 0.25) is 0 Å². The fraction of sp³-hybridized carbons (Fsp3) is 0.917. The van der Waals surface area contributed by atoms with Gasteiger partial charge in [-0.15, -0.1) is 0 Å². The zero-order chi connectivity index (χ0) is 10.7. The van der Waals surface area contributed by atoms with Crippen molar-refractivity contribution in [1.82, 2.24) is 0 Å². The lowest BCUT2D eigenvalue weighted by molar-refractivity contribution is -0.135. The Morgan fingerprint density at radius 2 is 2.00 bits per heavy atom. The molecule has 1 saturated heterocycles. The van der Waals surface area contributed by atoms with E-state index < -0.39 is 0 Å². The van der Waals surface area contributed by atoms with Gasteiger partial charge in [0, 0.05) is 31.6 Å². The SMILES string of the molecule is NCC1(C(=O)CC2CCC2)CCOCC1. The third-order valence-electron chi connectivity index (χ3n) is 4.13. The average molecular weight is 211 g/mol. The molecule has 0 spiro atoms. The van der Waals surface area contributed by atoms with Crippen LogP contribution in [-0.2, 0) is 9.53 Å². The zero-order valence-corrected chi connectivity index (χ0v) is 9.34. The number of rotatable bonds is 4. The van der Waals surface area contributed by atoms with Gasteiger partial charge in [0.05, 0.1) is 0 Å². The van der Waals surface area contributed by atoms with Gasteiger partial charge >= 0.3 is 0 Å². The van der Waals surface area contributed by atoms with Crippen molar-refractivity contribution < 1.29 is 9.53 Å². The Morgan fingerprint density at radius 3 is 2.47 bits per heavy atom. The number of hydrogen-bond donors (Lipinski definition) is 1. The Labute approximate surface area is 91.4 Å². The highest BCUT2D eigenvalue weighted by atomic mass is 16.5. The summed E-state index contributed by atoms with van der Waals surface area (Å²) in [7, 11) is 0. The highest BCUT2D eigenvalue weighted by molar-refractivity contribution is 5.85. The molecule has 0 radical (unpaired) electrons. The number of carbonyl (C=O) groups is 1. The lowest BCUT2D eigenvalue weighted by atomic mass is 9.71. The standard InChI is InChI=1S/C12H21NO2/c13-9-12(4-6-15-7-5-12)11(14)8-10-2-1-3-10/h10H,1-9,13H2. The molecule has 1 saturated carbocycles. The monoisotopic (exact) mass is 211 g/mol. The van der Waals surface area contributed by atoms with Crippen molar-refractivity contribution in [1.29, 1.82) is 0 Å². The summed E-state index contributed by atoms with van der Waals surface area (Å²) in [6.07, 6.45) is 6.20. The minimum absolute atomic E-state index is 0.242. The Balaban J connectivity index is 1.93. The molecule has 2 aliphatic rings. The molecular weight excluding hydrogens is 190 g/mol. The molecule has 0 aromatic heterocycles. The fourth-order valence-electron chi connectivity index (χ4n) is 2.53. The largest absolute Gasteiger partial charge is 0.381 e. The van der Waals surface area contributed by atoms with E-state index in [1.165, 1.54) is 19.3 Å². The third-order valence-corrected chi connectivity index (χ3v) is 4.13. The first-order valence-corrected chi connectivity index (χ1v) is 6.08. The molecule has 2 N–H and O–H groups in total. The maximum Gasteiger partial charge on any atom is 0.140 e. The number of ketones is 1. The second-order valence-corrected chi connectivity index (χ2v) is 5.02. The molecule has 3 heteroatoms. The van der Waals surface area contributed by atoms with Crippen LogP contribution in [0.1, 0.15) is 38.5 Å². The van der Waals surface area contributed by atoms with Gasteiger partial charge in [-0.25, -0.2) is 0 Å². The summed E-state index contributed by atoms with van der Waals surface area (Å²) < 4.78 is 5.31. The number of nitrogens with two attached hydrogens (primary N) is 1. The smallest absolute Gasteiger partial charge is 0.140 e. The second-order valence-electron chi connectivity index (χ2n) is 5.02. The van der Waals surface area contributed by atoms with Gasteiger partial charge in [0.1, 0.15) is 5.78 Å². The van der Waals surface area contributed by atoms with Gasteiger partial charge in [-0.05, 0) is 18.8 Å². The van der Waals surface area contributed by atoms with E-state index in [1.807, 2.05) is 0 Å². The van der Waals surface area contributed by atoms with Crippen LogP contribution >= 0.6 is 0 Å². The molecule has 1 aliphatic carbocycles. The predicted octanol–water partition coefficient (Wildman–Crippen LogP) is 1.50. The first-order chi connectivity index (χ1) is 7.27. The van der Waals surface area contributed by atoms with Gasteiger partial charge in [-0.2, -0.15) is 0 Å². The zero-order valence-electron chi connectivity index (χ0n) is 9.34. The summed E-state index contributed by atoms with van der Waals surface area (Å²) >= 11 is 0. The third kappa shape index (κ3) is 2.23. The molecule has 1 heterocycles. The van der Waals surface area contributed by atoms with E-state index >= 15 is 0 Å². The van der Waals surface area contributed by atoms with Crippen LogP contribution in [0.2, 0.25) is 0 Å². The van der Waals surface area contributed by atoms with Crippen molar-refractivity contribution in [2.45, 2.75) is 38.5 Å². The van der Waals surface area contributed by atoms with E-state index in [0.717, 1.165) is 19.3 Å². The van der Waals surface area contributed by atoms with Crippen LogP contribution in [0.25, 0.3) is 0 Å². The maximum absolute atomic E-state index is 12.2. The van der Waals surface area contributed by atoms with Crippen LogP contribution in [0, 0.1) is 11.3 Å². The van der Waals surface area contributed by atoms with E-state index in [4.69, 9.17) is 10.5 Å². The normalized spacial score (nSPS) is 25.9. The summed E-state index contributed by atoms with van der Waals surface area (Å²) in [6.45, 7) is 1.91. The molecule has 0 aromatic rings. The van der Waals surface area contributed by atoms with Crippen molar-refractivity contribution in [3.05, 3.63) is 0 Å². The Hall–Kier alpha value is -0.410. The predicted molar refractivity (Wildman–Crippen MR) is 58.5 cm³/mol. The van der Waals surface area contributed by atoms with Crippen LogP contribution in [0.15, 0.2) is 0 Å². The second kappa shape index (κ2) is 4.62. The minimum Gasteiger partial charge on any atom is -0.381 e. The van der Waals surface area contributed by atoms with Crippen LogP contribution in [0.3, 0.4) is 0 Å². The minimum atomic E-state index is -0.242. The van der Waals surface area contributed by atoms with Crippen molar-refractivity contribution in [3.8, 4) is 0 Å². The number of ether oxygens (including phenoxy) is 1. The first-order valence-electron chi connectivity index (χ1n) is 6.08. The van der Waals surface area contributed by atoms with Gasteiger partial charge in [0.15, 0.2) is 0 Å². The van der Waals surface area contributed by atoms with Crippen molar-refractivity contribution in [3.63, 3.8) is 0 Å². The van der Waals surface area contributed by atoms with E-state index in [1.54, 1.807) is 0 Å². The quantitative estimate of drug-likeness (QED) is 0.766. The number of carbonyl (C=O) groups excluding carboxylic acids is 1. The molecule has 2 rings (SSSR count). The Bertz CT molecular complexity index is 230. The molecule has 3 nitrogen and oxygen atoms in total. The van der Waals surface area contributed by atoms with Crippen LogP contribution in [-0.4, -0.2) is 25.5 Å². The summed E-state index contributed by atoms with van der Waals surface area (Å²) in [6, 6.07) is 0. The molecule has 0 aromatic carbocycles. The Morgan fingerprint density at radius 1 is 1.33 bits per heavy atom. The van der Waals surface area contributed by atoms with Gasteiger partial charge in [-0.1, -0.05) is 19.3 Å². The molecule has 0 unspecified atom stereocenters. The number of hydrogen-bond acceptors (Lipinski definition) is 3. The Kier molecular flexibility index (Phi) is 3.42. The summed E-state index contributed by atoms with van der Waals surface area (Å²) in [4.78, 5) is 12.2. The molecule has 86 valence electrons. The van der Waals surface area contributed by atoms with E-state index in [-0.39, 0.29) is 5.41 Å². The van der Waals surface area contributed by atoms with Gasteiger partial charge in [0.25, 0.3) is 0 Å². The summed E-state index contributed by atoms with van der Waals surface area (Å²) in [5.74, 6) is 1.06. The molecule has 2 fully saturated rings. The van der Waals surface area contributed by atoms with Crippen LogP contribution in [0.4, 0.5) is 0 Å². The molecule has 0 amide bonds. The lowest BCUT2D eigenvalue weighted by Crippen LogP contribution is -2.44. The molecule has 0 atom stereocenters. The lowest BCUT2D eigenvalue weighted by Gasteiger charge is -2.37. The highest BCUT2D eigenvalue weighted by Gasteiger charge is 2.39.